The normalized spacial score (nSPS) is 10.9. The van der Waals surface area contributed by atoms with Crippen LogP contribution in [0.25, 0.3) is 11.3 Å². The molecule has 0 atom stereocenters. The number of aromatic nitrogens is 1. The molecule has 0 bridgehead atoms. The van der Waals surface area contributed by atoms with Crippen molar-refractivity contribution in [1.82, 2.24) is 10.5 Å². The second-order valence-corrected chi connectivity index (χ2v) is 6.05. The first-order chi connectivity index (χ1) is 12.7. The van der Waals surface area contributed by atoms with Gasteiger partial charge in [0.15, 0.2) is 0 Å². The lowest BCUT2D eigenvalue weighted by molar-refractivity contribution is 0.418. The number of hydrogen-bond acceptors (Lipinski definition) is 4. The van der Waals surface area contributed by atoms with Crippen molar-refractivity contribution >= 4 is 5.88 Å². The molecule has 4 nitrogen and oxygen atoms in total. The van der Waals surface area contributed by atoms with Gasteiger partial charge in [-0.2, -0.15) is 0 Å². The van der Waals surface area contributed by atoms with Crippen LogP contribution in [0, 0.1) is 5.82 Å². The van der Waals surface area contributed by atoms with Crippen LogP contribution in [-0.2, 0) is 13.1 Å². The molecule has 5 heteroatoms. The summed E-state index contributed by atoms with van der Waals surface area (Å²) >= 11 is 0. The van der Waals surface area contributed by atoms with Gasteiger partial charge in [0.1, 0.15) is 11.5 Å². The molecule has 1 aromatic heterocycles. The summed E-state index contributed by atoms with van der Waals surface area (Å²) in [4.78, 5) is 2.14. The lowest BCUT2D eigenvalue weighted by atomic mass is 10.1. The van der Waals surface area contributed by atoms with Crippen molar-refractivity contribution in [3.8, 4) is 11.3 Å². The number of anilines is 1. The topological polar surface area (TPSA) is 41.3 Å². The van der Waals surface area contributed by atoms with Crippen LogP contribution in [0.4, 0.5) is 10.3 Å². The molecule has 26 heavy (non-hydrogen) atoms. The smallest absolute Gasteiger partial charge is 0.232 e. The molecule has 0 spiro atoms. The average molecular weight is 353 g/mol. The zero-order valence-electron chi connectivity index (χ0n) is 15.2. The van der Waals surface area contributed by atoms with Crippen molar-refractivity contribution in [3.63, 3.8) is 0 Å². The van der Waals surface area contributed by atoms with Crippen molar-refractivity contribution in [3.05, 3.63) is 71.5 Å². The Morgan fingerprint density at radius 2 is 1.65 bits per heavy atom. The van der Waals surface area contributed by atoms with E-state index >= 15 is 0 Å². The molecule has 136 valence electrons. The summed E-state index contributed by atoms with van der Waals surface area (Å²) in [6.07, 6.45) is 0. The first kappa shape index (κ1) is 18.1. The molecule has 0 saturated heterocycles. The van der Waals surface area contributed by atoms with E-state index in [1.807, 2.05) is 36.4 Å². The lowest BCUT2D eigenvalue weighted by Crippen LogP contribution is -2.24. The second kappa shape index (κ2) is 8.63. The number of nitrogens with one attached hydrogen (secondary N) is 1. The molecular weight excluding hydrogens is 329 g/mol. The second-order valence-electron chi connectivity index (χ2n) is 6.05. The Bertz CT molecular complexity index is 828. The molecular formula is C21H24FN3O. The fourth-order valence-corrected chi connectivity index (χ4v) is 3.01. The molecule has 1 N–H and O–H groups in total. The summed E-state index contributed by atoms with van der Waals surface area (Å²) < 4.78 is 19.5. The van der Waals surface area contributed by atoms with Gasteiger partial charge < -0.3 is 14.7 Å². The minimum absolute atomic E-state index is 0.197. The highest BCUT2D eigenvalue weighted by Gasteiger charge is 2.20. The molecule has 0 amide bonds. The van der Waals surface area contributed by atoms with Gasteiger partial charge in [-0.1, -0.05) is 53.7 Å². The summed E-state index contributed by atoms with van der Waals surface area (Å²) in [5.74, 6) is 0.576. The molecule has 2 aromatic carbocycles. The molecule has 3 aromatic rings. The minimum atomic E-state index is -0.197. The molecule has 0 radical (unpaired) electrons. The van der Waals surface area contributed by atoms with E-state index in [2.05, 4.69) is 29.2 Å². The molecule has 0 aliphatic rings. The first-order valence-corrected chi connectivity index (χ1v) is 8.97. The van der Waals surface area contributed by atoms with Crippen LogP contribution >= 0.6 is 0 Å². The van der Waals surface area contributed by atoms with E-state index in [1.165, 1.54) is 6.07 Å². The Labute approximate surface area is 153 Å². The van der Waals surface area contributed by atoms with Crippen molar-refractivity contribution in [1.29, 1.82) is 0 Å². The summed E-state index contributed by atoms with van der Waals surface area (Å²) in [5.41, 5.74) is 3.48. The summed E-state index contributed by atoms with van der Waals surface area (Å²) in [7, 11) is 0. The fraction of sp³-hybridized carbons (Fsp3) is 0.286. The maximum Gasteiger partial charge on any atom is 0.232 e. The molecule has 0 fully saturated rings. The third-order valence-electron chi connectivity index (χ3n) is 4.44. The number of benzene rings is 2. The summed E-state index contributed by atoms with van der Waals surface area (Å²) in [6, 6.07) is 16.8. The van der Waals surface area contributed by atoms with Gasteiger partial charge in [-0.15, -0.1) is 0 Å². The van der Waals surface area contributed by atoms with Crippen molar-refractivity contribution in [2.75, 3.05) is 18.0 Å². The SMILES string of the molecule is CCN(CC)c1onc(-c2ccccc2)c1CNCc1ccccc1F. The molecule has 0 unspecified atom stereocenters. The summed E-state index contributed by atoms with van der Waals surface area (Å²) in [6.45, 7) is 6.84. The lowest BCUT2D eigenvalue weighted by Gasteiger charge is -2.18. The predicted octanol–water partition coefficient (Wildman–Crippen LogP) is 4.62. The quantitative estimate of drug-likeness (QED) is 0.642. The van der Waals surface area contributed by atoms with E-state index < -0.39 is 0 Å². The van der Waals surface area contributed by atoms with E-state index in [9.17, 15) is 4.39 Å². The van der Waals surface area contributed by atoms with Crippen LogP contribution in [0.15, 0.2) is 59.1 Å². The number of hydrogen-bond donors (Lipinski definition) is 1. The molecule has 0 aliphatic heterocycles. The van der Waals surface area contributed by atoms with E-state index in [-0.39, 0.29) is 5.82 Å². The highest BCUT2D eigenvalue weighted by molar-refractivity contribution is 5.68. The predicted molar refractivity (Wildman–Crippen MR) is 102 cm³/mol. The van der Waals surface area contributed by atoms with Crippen LogP contribution in [0.5, 0.6) is 0 Å². The van der Waals surface area contributed by atoms with Crippen LogP contribution in [0.1, 0.15) is 25.0 Å². The van der Waals surface area contributed by atoms with Gasteiger partial charge in [-0.05, 0) is 19.9 Å². The van der Waals surface area contributed by atoms with Gasteiger partial charge in [0, 0.05) is 37.3 Å². The number of halogens is 1. The van der Waals surface area contributed by atoms with Crippen LogP contribution < -0.4 is 10.2 Å². The third-order valence-corrected chi connectivity index (χ3v) is 4.44. The van der Waals surface area contributed by atoms with E-state index in [0.717, 1.165) is 35.8 Å². The van der Waals surface area contributed by atoms with Crippen molar-refractivity contribution < 1.29 is 8.91 Å². The summed E-state index contributed by atoms with van der Waals surface area (Å²) in [5, 5.41) is 7.65. The molecule has 0 saturated carbocycles. The van der Waals surface area contributed by atoms with E-state index in [0.29, 0.717) is 18.7 Å². The average Bonchev–Trinajstić information content (AvgIpc) is 3.09. The highest BCUT2D eigenvalue weighted by atomic mass is 19.1. The van der Waals surface area contributed by atoms with Gasteiger partial charge in [0.25, 0.3) is 0 Å². The maximum absolute atomic E-state index is 13.8. The fourth-order valence-electron chi connectivity index (χ4n) is 3.01. The monoisotopic (exact) mass is 353 g/mol. The van der Waals surface area contributed by atoms with Gasteiger partial charge in [-0.25, -0.2) is 4.39 Å². The standard InChI is InChI=1S/C21H24FN3O/c1-3-25(4-2)21-18(15-23-14-17-12-8-9-13-19(17)22)20(24-26-21)16-10-6-5-7-11-16/h5-13,23H,3-4,14-15H2,1-2H3. The van der Waals surface area contributed by atoms with Crippen LogP contribution in [-0.4, -0.2) is 18.2 Å². The Morgan fingerprint density at radius 3 is 2.35 bits per heavy atom. The third kappa shape index (κ3) is 3.94. The van der Waals surface area contributed by atoms with E-state index in [1.54, 1.807) is 12.1 Å². The number of rotatable bonds is 8. The largest absolute Gasteiger partial charge is 0.341 e. The Balaban J connectivity index is 1.85. The zero-order valence-corrected chi connectivity index (χ0v) is 15.2. The van der Waals surface area contributed by atoms with E-state index in [4.69, 9.17) is 4.52 Å². The Hall–Kier alpha value is -2.66. The Kier molecular flexibility index (Phi) is 6.02. The van der Waals surface area contributed by atoms with Gasteiger partial charge in [-0.3, -0.25) is 0 Å². The maximum atomic E-state index is 13.8. The molecule has 3 rings (SSSR count). The highest BCUT2D eigenvalue weighted by Crippen LogP contribution is 2.31. The Morgan fingerprint density at radius 1 is 0.962 bits per heavy atom. The molecule has 0 aliphatic carbocycles. The van der Waals surface area contributed by atoms with Crippen LogP contribution in [0.2, 0.25) is 0 Å². The first-order valence-electron chi connectivity index (χ1n) is 8.97. The van der Waals surface area contributed by atoms with Gasteiger partial charge in [0.2, 0.25) is 5.88 Å². The van der Waals surface area contributed by atoms with Crippen LogP contribution in [0.3, 0.4) is 0 Å². The minimum Gasteiger partial charge on any atom is -0.341 e. The molecule has 1 heterocycles. The van der Waals surface area contributed by atoms with Crippen molar-refractivity contribution in [2.24, 2.45) is 0 Å². The van der Waals surface area contributed by atoms with Gasteiger partial charge >= 0.3 is 0 Å². The van der Waals surface area contributed by atoms with Crippen molar-refractivity contribution in [2.45, 2.75) is 26.9 Å². The zero-order chi connectivity index (χ0) is 18.4. The number of nitrogens with zero attached hydrogens (tertiary/aromatic N) is 2. The van der Waals surface area contributed by atoms with Gasteiger partial charge in [0.05, 0.1) is 5.56 Å².